The van der Waals surface area contributed by atoms with Crippen molar-refractivity contribution in [1.29, 1.82) is 0 Å². The summed E-state index contributed by atoms with van der Waals surface area (Å²) in [6.45, 7) is 0. The molecule has 0 unspecified atom stereocenters. The van der Waals surface area contributed by atoms with E-state index in [1.54, 1.807) is 0 Å². The predicted octanol–water partition coefficient (Wildman–Crippen LogP) is 6.74. The van der Waals surface area contributed by atoms with Gasteiger partial charge in [0.25, 0.3) is 0 Å². The van der Waals surface area contributed by atoms with Crippen molar-refractivity contribution < 1.29 is 0 Å². The number of nitrogen functional groups attached to an aromatic ring is 2. The van der Waals surface area contributed by atoms with Crippen LogP contribution in [0, 0.1) is 0 Å². The van der Waals surface area contributed by atoms with Crippen molar-refractivity contribution in [2.75, 3.05) is 11.5 Å². The average Bonchev–Trinajstić information content (AvgIpc) is 3.00. The topological polar surface area (TPSA) is 52.0 Å². The lowest BCUT2D eigenvalue weighted by Crippen LogP contribution is -2.29. The van der Waals surface area contributed by atoms with E-state index in [1.165, 1.54) is 22.3 Å². The Morgan fingerprint density at radius 3 is 1.34 bits per heavy atom. The highest BCUT2D eigenvalue weighted by Gasteiger charge is 2.47. The number of benzene rings is 4. The average molecular weight is 506 g/mol. The van der Waals surface area contributed by atoms with Gasteiger partial charge in [-0.25, -0.2) is 0 Å². The molecule has 0 aliphatic heterocycles. The van der Waals surface area contributed by atoms with Crippen molar-refractivity contribution in [3.05, 3.63) is 116 Å². The highest BCUT2D eigenvalue weighted by molar-refractivity contribution is 9.10. The Morgan fingerprint density at radius 2 is 0.931 bits per heavy atom. The zero-order valence-electron chi connectivity index (χ0n) is 15.5. The minimum absolute atomic E-state index is 0.494. The fraction of sp³-hybridized carbons (Fsp3) is 0.0400. The van der Waals surface area contributed by atoms with Gasteiger partial charge in [0, 0.05) is 20.3 Å². The quantitative estimate of drug-likeness (QED) is 0.261. The van der Waals surface area contributed by atoms with Crippen LogP contribution in [0.5, 0.6) is 0 Å². The molecular formula is C25H18Br2N2. The largest absolute Gasteiger partial charge is 0.399 e. The monoisotopic (exact) mass is 504 g/mol. The summed E-state index contributed by atoms with van der Waals surface area (Å²) in [5.74, 6) is 0. The molecule has 4 aromatic carbocycles. The van der Waals surface area contributed by atoms with Crippen molar-refractivity contribution in [2.45, 2.75) is 5.41 Å². The molecule has 29 heavy (non-hydrogen) atoms. The maximum atomic E-state index is 6.09. The summed E-state index contributed by atoms with van der Waals surface area (Å²) in [5, 5.41) is 0. The molecule has 5 rings (SSSR count). The fourth-order valence-corrected chi connectivity index (χ4v) is 6.02. The van der Waals surface area contributed by atoms with Crippen LogP contribution in [-0.2, 0) is 5.41 Å². The van der Waals surface area contributed by atoms with Gasteiger partial charge in [0.2, 0.25) is 0 Å². The van der Waals surface area contributed by atoms with Gasteiger partial charge in [-0.1, -0.05) is 92.5 Å². The Morgan fingerprint density at radius 1 is 0.517 bits per heavy atom. The summed E-state index contributed by atoms with van der Waals surface area (Å²) >= 11 is 7.62. The normalized spacial score (nSPS) is 13.7. The summed E-state index contributed by atoms with van der Waals surface area (Å²) in [5.41, 5.74) is 20.4. The first-order chi connectivity index (χ1) is 14.0. The molecule has 0 radical (unpaired) electrons. The number of nitrogens with two attached hydrogens (primary N) is 2. The van der Waals surface area contributed by atoms with E-state index >= 15 is 0 Å². The SMILES string of the molecule is Nc1ccc(C2(c3ccc(N)cc3Br)c3ccccc3-c3ccccc32)c(Br)c1. The molecule has 0 saturated carbocycles. The van der Waals surface area contributed by atoms with E-state index in [9.17, 15) is 0 Å². The molecule has 0 saturated heterocycles. The Balaban J connectivity index is 2.00. The zero-order chi connectivity index (χ0) is 20.2. The number of fused-ring (bicyclic) bond motifs is 3. The molecule has 0 aromatic heterocycles. The van der Waals surface area contributed by atoms with Gasteiger partial charge in [0.15, 0.2) is 0 Å². The predicted molar refractivity (Wildman–Crippen MR) is 128 cm³/mol. The summed E-state index contributed by atoms with van der Waals surface area (Å²) in [6, 6.07) is 29.4. The summed E-state index contributed by atoms with van der Waals surface area (Å²) < 4.78 is 1.96. The molecule has 4 N–H and O–H groups in total. The van der Waals surface area contributed by atoms with E-state index in [-0.39, 0.29) is 0 Å². The van der Waals surface area contributed by atoms with E-state index in [0.717, 1.165) is 31.4 Å². The third-order valence-electron chi connectivity index (χ3n) is 5.75. The van der Waals surface area contributed by atoms with Crippen LogP contribution in [0.1, 0.15) is 22.3 Å². The second-order valence-electron chi connectivity index (χ2n) is 7.32. The van der Waals surface area contributed by atoms with Gasteiger partial charge in [-0.3, -0.25) is 0 Å². The molecule has 0 bridgehead atoms. The lowest BCUT2D eigenvalue weighted by Gasteiger charge is -2.35. The Bertz CT molecular complexity index is 1160. The number of halogens is 2. The van der Waals surface area contributed by atoms with Crippen LogP contribution in [0.2, 0.25) is 0 Å². The van der Waals surface area contributed by atoms with Gasteiger partial charge >= 0.3 is 0 Å². The molecule has 0 amide bonds. The summed E-state index contributed by atoms with van der Waals surface area (Å²) in [7, 11) is 0. The van der Waals surface area contributed by atoms with Gasteiger partial charge < -0.3 is 11.5 Å². The van der Waals surface area contributed by atoms with Gasteiger partial charge in [-0.2, -0.15) is 0 Å². The molecule has 1 aliphatic rings. The molecule has 0 spiro atoms. The van der Waals surface area contributed by atoms with Crippen LogP contribution in [0.25, 0.3) is 11.1 Å². The van der Waals surface area contributed by atoms with Gasteiger partial charge in [-0.15, -0.1) is 0 Å². The summed E-state index contributed by atoms with van der Waals surface area (Å²) in [6.07, 6.45) is 0. The number of hydrogen-bond donors (Lipinski definition) is 2. The lowest BCUT2D eigenvalue weighted by molar-refractivity contribution is 0.759. The van der Waals surface area contributed by atoms with E-state index in [1.807, 2.05) is 24.3 Å². The molecule has 0 fully saturated rings. The molecule has 0 atom stereocenters. The van der Waals surface area contributed by atoms with Gasteiger partial charge in [0.05, 0.1) is 5.41 Å². The molecule has 1 aliphatic carbocycles. The van der Waals surface area contributed by atoms with Crippen LogP contribution >= 0.6 is 31.9 Å². The Kier molecular flexibility index (Phi) is 4.30. The zero-order valence-corrected chi connectivity index (χ0v) is 18.7. The fourth-order valence-electron chi connectivity index (χ4n) is 4.63. The third kappa shape index (κ3) is 2.59. The standard InChI is InChI=1S/C25H18Br2N2/c26-23-13-15(28)9-11-21(23)25(22-12-10-16(29)14-24(22)27)19-7-3-1-5-17(19)18-6-2-4-8-20(18)25/h1-14H,28-29H2. The van der Waals surface area contributed by atoms with Crippen molar-refractivity contribution in [3.63, 3.8) is 0 Å². The van der Waals surface area contributed by atoms with E-state index in [4.69, 9.17) is 11.5 Å². The lowest BCUT2D eigenvalue weighted by atomic mass is 9.67. The first-order valence-corrected chi connectivity index (χ1v) is 10.9. The molecular weight excluding hydrogens is 488 g/mol. The highest BCUT2D eigenvalue weighted by Crippen LogP contribution is 2.58. The minimum Gasteiger partial charge on any atom is -0.399 e. The Labute approximate surface area is 186 Å². The first kappa shape index (κ1) is 18.5. The maximum Gasteiger partial charge on any atom is 0.0735 e. The second kappa shape index (κ2) is 6.75. The highest BCUT2D eigenvalue weighted by atomic mass is 79.9. The Hall–Kier alpha value is -2.56. The van der Waals surface area contributed by atoms with Crippen LogP contribution in [0.4, 0.5) is 11.4 Å². The first-order valence-electron chi connectivity index (χ1n) is 9.34. The number of anilines is 2. The molecule has 142 valence electrons. The van der Waals surface area contributed by atoms with Crippen molar-refractivity contribution >= 4 is 43.2 Å². The number of hydrogen-bond acceptors (Lipinski definition) is 2. The molecule has 4 aromatic rings. The van der Waals surface area contributed by atoms with E-state index < -0.39 is 5.41 Å². The van der Waals surface area contributed by atoms with Crippen molar-refractivity contribution in [3.8, 4) is 11.1 Å². The van der Waals surface area contributed by atoms with Gasteiger partial charge in [-0.05, 0) is 57.6 Å². The maximum absolute atomic E-state index is 6.09. The smallest absolute Gasteiger partial charge is 0.0735 e. The van der Waals surface area contributed by atoms with Crippen LogP contribution in [0.15, 0.2) is 93.9 Å². The van der Waals surface area contributed by atoms with Crippen molar-refractivity contribution in [2.24, 2.45) is 0 Å². The van der Waals surface area contributed by atoms with Crippen LogP contribution < -0.4 is 11.5 Å². The van der Waals surface area contributed by atoms with E-state index in [0.29, 0.717) is 0 Å². The van der Waals surface area contributed by atoms with E-state index in [2.05, 4.69) is 92.5 Å². The second-order valence-corrected chi connectivity index (χ2v) is 9.03. The number of rotatable bonds is 2. The van der Waals surface area contributed by atoms with Crippen LogP contribution in [0.3, 0.4) is 0 Å². The molecule has 2 nitrogen and oxygen atoms in total. The molecule has 4 heteroatoms. The van der Waals surface area contributed by atoms with Gasteiger partial charge in [0.1, 0.15) is 0 Å². The summed E-state index contributed by atoms with van der Waals surface area (Å²) in [4.78, 5) is 0. The minimum atomic E-state index is -0.494. The van der Waals surface area contributed by atoms with Crippen LogP contribution in [-0.4, -0.2) is 0 Å². The molecule has 0 heterocycles. The van der Waals surface area contributed by atoms with Crippen molar-refractivity contribution in [1.82, 2.24) is 0 Å². The third-order valence-corrected chi connectivity index (χ3v) is 7.06.